The number of ether oxygens (including phenoxy) is 10. The van der Waals surface area contributed by atoms with E-state index in [0.29, 0.717) is 35.8 Å². The number of fused-ring (bicyclic) bond motifs is 2. The first-order valence-electron chi connectivity index (χ1n) is 36.1. The number of carbonyl (C=O) groups excluding carboxylic acids is 8. The van der Waals surface area contributed by atoms with Crippen LogP contribution in [0, 0.1) is 11.8 Å². The summed E-state index contributed by atoms with van der Waals surface area (Å²) in [5.41, 5.74) is -0.0632. The van der Waals surface area contributed by atoms with Crippen molar-refractivity contribution in [2.45, 2.75) is 89.1 Å². The van der Waals surface area contributed by atoms with Gasteiger partial charge < -0.3 is 58.0 Å². The van der Waals surface area contributed by atoms with Gasteiger partial charge in [0.05, 0.1) is 50.7 Å². The van der Waals surface area contributed by atoms with E-state index < -0.39 is 59.5 Å². The topological polar surface area (TPSA) is 285 Å². The van der Waals surface area contributed by atoms with E-state index in [4.69, 9.17) is 47.4 Å². The summed E-state index contributed by atoms with van der Waals surface area (Å²) in [5.74, 6) is -4.29. The SMILES string of the molecule is C=CC(=O)Oc1cc(NC(=O)C(CCC2CCCC2)N2C(=O)c3cc(Oc4cccc(OC)c4)c4c5c(Oc6cccc(OC)c6)cc6c7c(cc(Oc8cccc(OC)c8)c(c8c(Oc9cccc(OC)c9)cc(c3c48)C2=O)c75)C(=O)N(C(CCC2CCCC2)C(=O)Nc2ccnc(OC(=O)C=C)c2)C6=O)ccn1. The van der Waals surface area contributed by atoms with Crippen molar-refractivity contribution in [3.8, 4) is 80.8 Å². The minimum Gasteiger partial charge on any atom is -0.497 e. The molecule has 2 fully saturated rings. The summed E-state index contributed by atoms with van der Waals surface area (Å²) in [6.07, 6.45) is 12.9. The molecule has 2 atom stereocenters. The Kier molecular flexibility index (Phi) is 20.2. The predicted molar refractivity (Wildman–Crippen MR) is 408 cm³/mol. The Balaban J connectivity index is 1.04. The Bertz CT molecular complexity index is 5020. The third-order valence-electron chi connectivity index (χ3n) is 20.7. The summed E-state index contributed by atoms with van der Waals surface area (Å²) < 4.78 is 62.7. The fourth-order valence-corrected chi connectivity index (χ4v) is 15.6. The second-order valence-electron chi connectivity index (χ2n) is 27.3. The molecule has 2 saturated carbocycles. The lowest BCUT2D eigenvalue weighted by atomic mass is 9.80. The highest BCUT2D eigenvalue weighted by Gasteiger charge is 2.47. The van der Waals surface area contributed by atoms with Crippen LogP contribution in [-0.4, -0.2) is 108 Å². The molecule has 2 aliphatic heterocycles. The average Bonchev–Trinajstić information content (AvgIpc) is 0.735. The number of methoxy groups -OCH3 is 4. The smallest absolute Gasteiger partial charge is 0.336 e. The summed E-state index contributed by atoms with van der Waals surface area (Å²) in [6.45, 7) is 6.96. The number of hydrogen-bond donors (Lipinski definition) is 2. The van der Waals surface area contributed by atoms with Gasteiger partial charge in [0.2, 0.25) is 23.6 Å². The Morgan fingerprint density at radius 2 is 0.700 bits per heavy atom. The molecule has 556 valence electrons. The number of nitrogens with zero attached hydrogens (tertiary/aromatic N) is 4. The lowest BCUT2D eigenvalue weighted by Crippen LogP contribution is -2.52. The lowest BCUT2D eigenvalue weighted by molar-refractivity contribution is -0.130. The Hall–Kier alpha value is -13.4. The maximum atomic E-state index is 16.6. The van der Waals surface area contributed by atoms with E-state index in [-0.39, 0.29) is 159 Å². The molecule has 11 aromatic rings. The minimum atomic E-state index is -1.48. The van der Waals surface area contributed by atoms with E-state index in [0.717, 1.165) is 73.3 Å². The molecule has 4 aliphatic rings. The molecule has 2 aromatic heterocycles. The Labute approximate surface area is 630 Å². The molecule has 110 heavy (non-hydrogen) atoms. The van der Waals surface area contributed by atoms with Gasteiger partial charge in [-0.15, -0.1) is 0 Å². The molecule has 0 bridgehead atoms. The zero-order valence-corrected chi connectivity index (χ0v) is 60.5. The van der Waals surface area contributed by atoms with Gasteiger partial charge in [0.1, 0.15) is 81.1 Å². The van der Waals surface area contributed by atoms with Crippen LogP contribution in [0.4, 0.5) is 11.4 Å². The number of imide groups is 2. The number of carbonyl (C=O) groups is 8. The number of benzene rings is 9. The van der Waals surface area contributed by atoms with E-state index in [9.17, 15) is 9.59 Å². The van der Waals surface area contributed by atoms with Crippen molar-refractivity contribution < 1.29 is 85.7 Å². The Morgan fingerprint density at radius 3 is 0.982 bits per heavy atom. The zero-order valence-electron chi connectivity index (χ0n) is 60.5. The minimum absolute atomic E-state index is 0.0315. The third-order valence-corrected chi connectivity index (χ3v) is 20.7. The van der Waals surface area contributed by atoms with Crippen LogP contribution >= 0.6 is 0 Å². The molecule has 9 aromatic carbocycles. The highest BCUT2D eigenvalue weighted by atomic mass is 16.5. The maximum Gasteiger partial charge on any atom is 0.336 e. The summed E-state index contributed by atoms with van der Waals surface area (Å²) in [4.78, 5) is 132. The quantitative estimate of drug-likeness (QED) is 0.0151. The molecule has 15 rings (SSSR count). The van der Waals surface area contributed by atoms with Gasteiger partial charge >= 0.3 is 11.9 Å². The number of esters is 2. The lowest BCUT2D eigenvalue weighted by Gasteiger charge is -2.36. The van der Waals surface area contributed by atoms with Gasteiger partial charge in [0.15, 0.2) is 0 Å². The molecule has 6 amide bonds. The summed E-state index contributed by atoms with van der Waals surface area (Å²) in [5, 5.41) is 6.98. The molecule has 0 radical (unpaired) electrons. The predicted octanol–water partition coefficient (Wildman–Crippen LogP) is 17.1. The number of aromatic nitrogens is 2. The Morgan fingerprint density at radius 1 is 0.409 bits per heavy atom. The van der Waals surface area contributed by atoms with Crippen LogP contribution in [0.1, 0.15) is 118 Å². The van der Waals surface area contributed by atoms with E-state index >= 15 is 28.8 Å². The molecule has 2 N–H and O–H groups in total. The summed E-state index contributed by atoms with van der Waals surface area (Å²) in [7, 11) is 5.98. The molecule has 24 nitrogen and oxygen atoms in total. The van der Waals surface area contributed by atoms with Gasteiger partial charge in [-0.05, 0) is 122 Å². The van der Waals surface area contributed by atoms with Crippen LogP contribution in [0.3, 0.4) is 0 Å². The van der Waals surface area contributed by atoms with Crippen LogP contribution in [0.15, 0.2) is 183 Å². The van der Waals surface area contributed by atoms with Crippen molar-refractivity contribution >= 4 is 102 Å². The zero-order chi connectivity index (χ0) is 76.4. The van der Waals surface area contributed by atoms with Crippen molar-refractivity contribution in [1.29, 1.82) is 0 Å². The van der Waals surface area contributed by atoms with E-state index in [1.165, 1.54) is 89.4 Å². The van der Waals surface area contributed by atoms with Crippen molar-refractivity contribution in [3.05, 3.63) is 206 Å². The highest BCUT2D eigenvalue weighted by Crippen LogP contribution is 2.59. The standard InChI is InChI=1S/C86H74N6O18/c1-7-71(93)109-69-37-49(33-35-87-69)89-81(95)63(31-29-47-17-9-10-18-47)91-83(97)59-43-65(105-55-25-13-21-51(39-55)101-3)75-77-67(107-57-27-15-23-53(41-57)103-5)45-61-74-62(86(100)92(85(61)99)64(32-30-48-19-11-12-20-48)82(96)90-50-34-36-88-70(38-50)110-72(94)8-2)46-68(108-58-28-16-24-54(42-58)104-6)78(80(74)77)76-66(44-60(84(91)98)73(59)79(75)76)106-56-26-14-22-52(40-56)102-4/h7-8,13-16,21-28,33-48,63-64H,1-2,9-12,17-20,29-32H2,3-6H3,(H,87,89,95)(H,88,90,96). The van der Waals surface area contributed by atoms with Crippen LogP contribution in [0.25, 0.3) is 43.1 Å². The number of pyridine rings is 2. The molecule has 24 heteroatoms. The van der Waals surface area contributed by atoms with Gasteiger partial charge in [-0.25, -0.2) is 19.6 Å². The molecule has 2 unspecified atom stereocenters. The van der Waals surface area contributed by atoms with Gasteiger partial charge in [-0.3, -0.25) is 38.6 Å². The van der Waals surface area contributed by atoms with Crippen molar-refractivity contribution in [3.63, 3.8) is 0 Å². The van der Waals surface area contributed by atoms with E-state index in [2.05, 4.69) is 33.8 Å². The first-order valence-corrected chi connectivity index (χ1v) is 36.1. The average molecular weight is 1480 g/mol. The second-order valence-corrected chi connectivity index (χ2v) is 27.3. The largest absolute Gasteiger partial charge is 0.497 e. The highest BCUT2D eigenvalue weighted by molar-refractivity contribution is 6.45. The van der Waals surface area contributed by atoms with Crippen LogP contribution < -0.4 is 58.0 Å². The van der Waals surface area contributed by atoms with Gasteiger partial charge in [-0.2, -0.15) is 0 Å². The maximum absolute atomic E-state index is 16.6. The number of rotatable bonds is 28. The first-order chi connectivity index (χ1) is 53.5. The molecular formula is C86H74N6O18. The molecule has 0 spiro atoms. The number of hydrogen-bond acceptors (Lipinski definition) is 20. The molecular weight excluding hydrogens is 1400 g/mol. The van der Waals surface area contributed by atoms with E-state index in [1.54, 1.807) is 97.1 Å². The third kappa shape index (κ3) is 14.1. The van der Waals surface area contributed by atoms with Gasteiger partial charge in [0, 0.05) is 115 Å². The van der Waals surface area contributed by atoms with Crippen LogP contribution in [0.2, 0.25) is 0 Å². The summed E-state index contributed by atoms with van der Waals surface area (Å²) in [6, 6.07) is 35.7. The number of amides is 6. The van der Waals surface area contributed by atoms with Crippen LogP contribution in [-0.2, 0) is 19.2 Å². The molecule has 0 saturated heterocycles. The van der Waals surface area contributed by atoms with E-state index in [1.807, 2.05) is 0 Å². The summed E-state index contributed by atoms with van der Waals surface area (Å²) >= 11 is 0. The van der Waals surface area contributed by atoms with Crippen molar-refractivity contribution in [1.82, 2.24) is 19.8 Å². The number of nitrogens with one attached hydrogen (secondary N) is 2. The monoisotopic (exact) mass is 1480 g/mol. The van der Waals surface area contributed by atoms with Gasteiger partial charge in [0.25, 0.3) is 23.6 Å². The first kappa shape index (κ1) is 72.2. The van der Waals surface area contributed by atoms with Crippen molar-refractivity contribution in [2.24, 2.45) is 11.8 Å². The molecule has 4 heterocycles. The van der Waals surface area contributed by atoms with Crippen LogP contribution in [0.5, 0.6) is 80.8 Å². The fourth-order valence-electron chi connectivity index (χ4n) is 15.6. The second kappa shape index (κ2) is 30.8. The normalized spacial score (nSPS) is 14.7. The molecule has 2 aliphatic carbocycles. The van der Waals surface area contributed by atoms with Crippen molar-refractivity contribution in [2.75, 3.05) is 39.1 Å². The van der Waals surface area contributed by atoms with Gasteiger partial charge in [-0.1, -0.05) is 88.8 Å². The number of anilines is 2. The fraction of sp³-hybridized carbons (Fsp3) is 0.233.